The Morgan fingerprint density at radius 3 is 2.56 bits per heavy atom. The highest BCUT2D eigenvalue weighted by atomic mass is 15.2. The Kier molecular flexibility index (Phi) is 3.92. The Morgan fingerprint density at radius 1 is 1.44 bits per heavy atom. The fraction of sp³-hybridized carbons (Fsp3) is 0.615. The molecule has 1 heterocycles. The topological polar surface area (TPSA) is 42.1 Å². The lowest BCUT2D eigenvalue weighted by Crippen LogP contribution is -2.31. The van der Waals surface area contributed by atoms with E-state index < -0.39 is 0 Å². The van der Waals surface area contributed by atoms with Gasteiger partial charge in [-0.25, -0.2) is 4.98 Å². The van der Waals surface area contributed by atoms with Gasteiger partial charge in [-0.15, -0.1) is 0 Å². The molecule has 16 heavy (non-hydrogen) atoms. The van der Waals surface area contributed by atoms with E-state index in [2.05, 4.69) is 37.7 Å². The van der Waals surface area contributed by atoms with Crippen molar-refractivity contribution in [1.29, 1.82) is 0 Å². The zero-order chi connectivity index (χ0) is 12.3. The standard InChI is InChI=1S/C13H23N3/c1-10(14)11-7-6-8-15-12(11)16(5)9-13(2,3)4/h6-8,10H,9,14H2,1-5H3. The molecule has 1 unspecified atom stereocenters. The van der Waals surface area contributed by atoms with Crippen molar-refractivity contribution in [3.8, 4) is 0 Å². The average molecular weight is 221 g/mol. The second-order valence-corrected chi connectivity index (χ2v) is 5.62. The summed E-state index contributed by atoms with van der Waals surface area (Å²) < 4.78 is 0. The normalized spacial score (nSPS) is 13.6. The second-order valence-electron chi connectivity index (χ2n) is 5.62. The van der Waals surface area contributed by atoms with Crippen molar-refractivity contribution in [3.63, 3.8) is 0 Å². The molecule has 1 aromatic heterocycles. The van der Waals surface area contributed by atoms with E-state index in [1.807, 2.05) is 25.3 Å². The monoisotopic (exact) mass is 221 g/mol. The Morgan fingerprint density at radius 2 is 2.06 bits per heavy atom. The number of hydrogen-bond acceptors (Lipinski definition) is 3. The smallest absolute Gasteiger partial charge is 0.133 e. The molecule has 0 bridgehead atoms. The molecule has 0 saturated heterocycles. The molecule has 1 atom stereocenters. The number of pyridine rings is 1. The predicted octanol–water partition coefficient (Wildman–Crippen LogP) is 2.58. The van der Waals surface area contributed by atoms with Gasteiger partial charge in [-0.2, -0.15) is 0 Å². The predicted molar refractivity (Wildman–Crippen MR) is 69.6 cm³/mol. The summed E-state index contributed by atoms with van der Waals surface area (Å²) >= 11 is 0. The summed E-state index contributed by atoms with van der Waals surface area (Å²) in [5.41, 5.74) is 7.31. The molecule has 0 aromatic carbocycles. The van der Waals surface area contributed by atoms with Crippen LogP contribution in [0.5, 0.6) is 0 Å². The number of aromatic nitrogens is 1. The highest BCUT2D eigenvalue weighted by Crippen LogP contribution is 2.24. The lowest BCUT2D eigenvalue weighted by atomic mass is 9.96. The zero-order valence-electron chi connectivity index (χ0n) is 11.0. The molecule has 90 valence electrons. The van der Waals surface area contributed by atoms with Gasteiger partial charge in [0.2, 0.25) is 0 Å². The first-order chi connectivity index (χ1) is 7.31. The molecule has 0 saturated carbocycles. The average Bonchev–Trinajstić information content (AvgIpc) is 2.15. The molecule has 0 spiro atoms. The minimum Gasteiger partial charge on any atom is -0.359 e. The van der Waals surface area contributed by atoms with E-state index in [1.165, 1.54) is 0 Å². The van der Waals surface area contributed by atoms with Crippen LogP contribution in [0.4, 0.5) is 5.82 Å². The van der Waals surface area contributed by atoms with Gasteiger partial charge in [0.05, 0.1) is 0 Å². The third kappa shape index (κ3) is 3.49. The highest BCUT2D eigenvalue weighted by molar-refractivity contribution is 5.47. The summed E-state index contributed by atoms with van der Waals surface area (Å²) in [5.74, 6) is 0.993. The maximum Gasteiger partial charge on any atom is 0.133 e. The fourth-order valence-corrected chi connectivity index (χ4v) is 1.87. The second kappa shape index (κ2) is 4.83. The van der Waals surface area contributed by atoms with E-state index in [4.69, 9.17) is 5.73 Å². The van der Waals surface area contributed by atoms with Gasteiger partial charge in [0, 0.05) is 31.4 Å². The van der Waals surface area contributed by atoms with Gasteiger partial charge in [-0.05, 0) is 18.4 Å². The Bertz CT molecular complexity index is 339. The van der Waals surface area contributed by atoms with E-state index in [-0.39, 0.29) is 11.5 Å². The van der Waals surface area contributed by atoms with Crippen molar-refractivity contribution in [1.82, 2.24) is 4.98 Å². The largest absolute Gasteiger partial charge is 0.359 e. The third-order valence-corrected chi connectivity index (χ3v) is 2.38. The van der Waals surface area contributed by atoms with Gasteiger partial charge in [0.25, 0.3) is 0 Å². The van der Waals surface area contributed by atoms with E-state index in [0.29, 0.717) is 0 Å². The summed E-state index contributed by atoms with van der Waals surface area (Å²) in [5, 5.41) is 0. The van der Waals surface area contributed by atoms with Crippen molar-refractivity contribution >= 4 is 5.82 Å². The molecule has 1 aromatic rings. The van der Waals surface area contributed by atoms with Crippen molar-refractivity contribution in [2.24, 2.45) is 11.1 Å². The van der Waals surface area contributed by atoms with E-state index in [1.54, 1.807) is 0 Å². The van der Waals surface area contributed by atoms with Gasteiger partial charge in [-0.1, -0.05) is 26.8 Å². The van der Waals surface area contributed by atoms with Crippen LogP contribution in [0.2, 0.25) is 0 Å². The van der Waals surface area contributed by atoms with Crippen LogP contribution in [0.3, 0.4) is 0 Å². The lowest BCUT2D eigenvalue weighted by Gasteiger charge is -2.29. The number of rotatable bonds is 3. The van der Waals surface area contributed by atoms with E-state index >= 15 is 0 Å². The van der Waals surface area contributed by atoms with Crippen LogP contribution in [-0.4, -0.2) is 18.6 Å². The molecule has 0 radical (unpaired) electrons. The summed E-state index contributed by atoms with van der Waals surface area (Å²) in [6.45, 7) is 9.61. The van der Waals surface area contributed by atoms with E-state index in [0.717, 1.165) is 17.9 Å². The fourth-order valence-electron chi connectivity index (χ4n) is 1.87. The number of hydrogen-bond donors (Lipinski definition) is 1. The Hall–Kier alpha value is -1.09. The highest BCUT2D eigenvalue weighted by Gasteiger charge is 2.17. The van der Waals surface area contributed by atoms with Crippen LogP contribution in [0, 0.1) is 5.41 Å². The first kappa shape index (κ1) is 13.0. The molecule has 0 aliphatic rings. The van der Waals surface area contributed by atoms with Crippen LogP contribution in [0.25, 0.3) is 0 Å². The Balaban J connectivity index is 2.95. The number of nitrogens with two attached hydrogens (primary N) is 1. The molecule has 0 amide bonds. The summed E-state index contributed by atoms with van der Waals surface area (Å²) in [4.78, 5) is 6.61. The van der Waals surface area contributed by atoms with Crippen LogP contribution in [0.15, 0.2) is 18.3 Å². The summed E-state index contributed by atoms with van der Waals surface area (Å²) in [6.07, 6.45) is 1.82. The quantitative estimate of drug-likeness (QED) is 0.853. The third-order valence-electron chi connectivity index (χ3n) is 2.38. The number of nitrogens with zero attached hydrogens (tertiary/aromatic N) is 2. The molecule has 2 N–H and O–H groups in total. The molecular formula is C13H23N3. The molecule has 0 aliphatic carbocycles. The SMILES string of the molecule is CC(N)c1cccnc1N(C)CC(C)(C)C. The first-order valence-corrected chi connectivity index (χ1v) is 5.73. The molecule has 1 rings (SSSR count). The lowest BCUT2D eigenvalue weighted by molar-refractivity contribution is 0.417. The minimum absolute atomic E-state index is 0.0196. The van der Waals surface area contributed by atoms with Crippen LogP contribution >= 0.6 is 0 Å². The van der Waals surface area contributed by atoms with Crippen LogP contribution in [-0.2, 0) is 0 Å². The number of anilines is 1. The Labute approximate surface area is 98.7 Å². The van der Waals surface area contributed by atoms with Gasteiger partial charge < -0.3 is 10.6 Å². The van der Waals surface area contributed by atoms with Crippen LogP contribution < -0.4 is 10.6 Å². The van der Waals surface area contributed by atoms with Gasteiger partial charge in [-0.3, -0.25) is 0 Å². The summed E-state index contributed by atoms with van der Waals surface area (Å²) in [7, 11) is 2.07. The van der Waals surface area contributed by atoms with Crippen molar-refractivity contribution in [2.75, 3.05) is 18.5 Å². The summed E-state index contributed by atoms with van der Waals surface area (Å²) in [6, 6.07) is 4.00. The van der Waals surface area contributed by atoms with Gasteiger partial charge in [0.15, 0.2) is 0 Å². The maximum atomic E-state index is 5.95. The van der Waals surface area contributed by atoms with E-state index in [9.17, 15) is 0 Å². The maximum absolute atomic E-state index is 5.95. The molecule has 0 aliphatic heterocycles. The zero-order valence-corrected chi connectivity index (χ0v) is 11.0. The molecule has 3 nitrogen and oxygen atoms in total. The van der Waals surface area contributed by atoms with Crippen molar-refractivity contribution < 1.29 is 0 Å². The van der Waals surface area contributed by atoms with Crippen molar-refractivity contribution in [2.45, 2.75) is 33.7 Å². The molecule has 3 heteroatoms. The molecular weight excluding hydrogens is 198 g/mol. The van der Waals surface area contributed by atoms with Gasteiger partial charge in [0.1, 0.15) is 5.82 Å². The first-order valence-electron chi connectivity index (χ1n) is 5.73. The molecule has 0 fully saturated rings. The van der Waals surface area contributed by atoms with Gasteiger partial charge >= 0.3 is 0 Å². The van der Waals surface area contributed by atoms with Crippen molar-refractivity contribution in [3.05, 3.63) is 23.9 Å². The van der Waals surface area contributed by atoms with Crippen LogP contribution in [0.1, 0.15) is 39.3 Å². The minimum atomic E-state index is 0.0196.